The highest BCUT2D eigenvalue weighted by molar-refractivity contribution is 7.15. The second-order valence-electron chi connectivity index (χ2n) is 3.19. The van der Waals surface area contributed by atoms with Gasteiger partial charge in [0.1, 0.15) is 0 Å². The van der Waals surface area contributed by atoms with E-state index in [1.807, 2.05) is 0 Å². The van der Waals surface area contributed by atoms with Crippen LogP contribution in [0.1, 0.15) is 10.6 Å². The predicted octanol–water partition coefficient (Wildman–Crippen LogP) is -0.431. The summed E-state index contributed by atoms with van der Waals surface area (Å²) < 4.78 is 0. The van der Waals surface area contributed by atoms with E-state index in [2.05, 4.69) is 4.98 Å². The van der Waals surface area contributed by atoms with Crippen LogP contribution in [-0.4, -0.2) is 28.9 Å². The molecule has 2 rings (SSSR count). The number of hydrogen-bond acceptors (Lipinski definition) is 5. The normalized spacial score (nSPS) is 15.4. The van der Waals surface area contributed by atoms with Gasteiger partial charge in [-0.05, 0) is 0 Å². The van der Waals surface area contributed by atoms with Crippen molar-refractivity contribution in [3.8, 4) is 0 Å². The Balaban J connectivity index is 2.16. The first-order valence-electron chi connectivity index (χ1n) is 4.42. The van der Waals surface area contributed by atoms with Crippen LogP contribution in [0, 0.1) is 0 Å². The van der Waals surface area contributed by atoms with Crippen molar-refractivity contribution in [1.82, 2.24) is 9.88 Å². The molecule has 5 nitrogen and oxygen atoms in total. The van der Waals surface area contributed by atoms with Crippen LogP contribution in [0.15, 0.2) is 0 Å². The summed E-state index contributed by atoms with van der Waals surface area (Å²) in [6, 6.07) is 0. The number of amides is 1. The molecule has 1 aliphatic heterocycles. The van der Waals surface area contributed by atoms with Gasteiger partial charge in [0.25, 0.3) is 0 Å². The fraction of sp³-hybridized carbons (Fsp3) is 0.500. The monoisotopic (exact) mass is 212 g/mol. The highest BCUT2D eigenvalue weighted by Crippen LogP contribution is 2.26. The van der Waals surface area contributed by atoms with Crippen molar-refractivity contribution >= 4 is 22.4 Å². The van der Waals surface area contributed by atoms with Crippen LogP contribution in [0.3, 0.4) is 0 Å². The molecule has 0 fully saturated rings. The molecule has 0 radical (unpaired) electrons. The Morgan fingerprint density at radius 1 is 1.64 bits per heavy atom. The van der Waals surface area contributed by atoms with Gasteiger partial charge in [-0.3, -0.25) is 4.79 Å². The molecular weight excluding hydrogens is 200 g/mol. The molecule has 1 amide bonds. The molecule has 0 bridgehead atoms. The summed E-state index contributed by atoms with van der Waals surface area (Å²) in [5, 5.41) is 0.581. The van der Waals surface area contributed by atoms with Gasteiger partial charge in [0.2, 0.25) is 5.91 Å². The van der Waals surface area contributed by atoms with E-state index in [9.17, 15) is 4.79 Å². The Bertz CT molecular complexity index is 362. The van der Waals surface area contributed by atoms with Gasteiger partial charge in [0.05, 0.1) is 18.8 Å². The molecule has 1 aliphatic rings. The van der Waals surface area contributed by atoms with E-state index < -0.39 is 0 Å². The van der Waals surface area contributed by atoms with Crippen molar-refractivity contribution in [3.63, 3.8) is 0 Å². The first-order chi connectivity index (χ1) is 6.70. The average Bonchev–Trinajstić information content (AvgIpc) is 2.55. The topological polar surface area (TPSA) is 85.2 Å². The van der Waals surface area contributed by atoms with Crippen molar-refractivity contribution in [3.05, 3.63) is 10.6 Å². The maximum atomic E-state index is 11.3. The Kier molecular flexibility index (Phi) is 2.39. The van der Waals surface area contributed by atoms with Crippen LogP contribution in [0.4, 0.5) is 5.13 Å². The predicted molar refractivity (Wildman–Crippen MR) is 54.7 cm³/mol. The summed E-state index contributed by atoms with van der Waals surface area (Å²) in [4.78, 5) is 18.4. The van der Waals surface area contributed by atoms with Crippen molar-refractivity contribution in [1.29, 1.82) is 0 Å². The Labute approximate surface area is 85.7 Å². The molecule has 0 atom stereocenters. The first-order valence-corrected chi connectivity index (χ1v) is 5.24. The number of anilines is 1. The van der Waals surface area contributed by atoms with Gasteiger partial charge in [-0.15, -0.1) is 11.3 Å². The van der Waals surface area contributed by atoms with E-state index >= 15 is 0 Å². The summed E-state index contributed by atoms with van der Waals surface area (Å²) >= 11 is 1.45. The summed E-state index contributed by atoms with van der Waals surface area (Å²) in [6.45, 7) is 1.38. The molecule has 0 saturated heterocycles. The van der Waals surface area contributed by atoms with E-state index in [4.69, 9.17) is 11.5 Å². The number of nitrogens with two attached hydrogens (primary N) is 2. The zero-order valence-corrected chi connectivity index (χ0v) is 8.51. The van der Waals surface area contributed by atoms with Crippen LogP contribution in [0.5, 0.6) is 0 Å². The third-order valence-electron chi connectivity index (χ3n) is 2.28. The third kappa shape index (κ3) is 1.58. The van der Waals surface area contributed by atoms with Gasteiger partial charge in [-0.25, -0.2) is 4.98 Å². The van der Waals surface area contributed by atoms with Gasteiger partial charge in [0.15, 0.2) is 5.13 Å². The molecule has 6 heteroatoms. The second-order valence-corrected chi connectivity index (χ2v) is 4.31. The lowest BCUT2D eigenvalue weighted by atomic mass is 10.2. The van der Waals surface area contributed by atoms with Crippen LogP contribution >= 0.6 is 11.3 Å². The van der Waals surface area contributed by atoms with E-state index in [-0.39, 0.29) is 12.5 Å². The summed E-state index contributed by atoms with van der Waals surface area (Å²) in [7, 11) is 0. The van der Waals surface area contributed by atoms with Gasteiger partial charge in [-0.2, -0.15) is 0 Å². The molecule has 2 heterocycles. The summed E-state index contributed by atoms with van der Waals surface area (Å²) in [6.07, 6.45) is 0.786. The number of rotatable bonds is 1. The number of carbonyl (C=O) groups excluding carboxylic acids is 1. The number of thiazole rings is 1. The molecule has 1 aromatic rings. The number of aromatic nitrogens is 1. The van der Waals surface area contributed by atoms with E-state index in [0.29, 0.717) is 18.2 Å². The molecule has 76 valence electrons. The lowest BCUT2D eigenvalue weighted by Gasteiger charge is -2.25. The molecule has 4 N–H and O–H groups in total. The standard InChI is InChI=1S/C8H12N4OS/c9-3-7(13)12-2-1-5-6(4-12)14-8(10)11-5/h1-4,9H2,(H2,10,11). The van der Waals surface area contributed by atoms with Crippen LogP contribution in [-0.2, 0) is 17.8 Å². The van der Waals surface area contributed by atoms with Crippen LogP contribution in [0.25, 0.3) is 0 Å². The third-order valence-corrected chi connectivity index (χ3v) is 3.19. The number of nitrogens with zero attached hydrogens (tertiary/aromatic N) is 2. The number of nitrogen functional groups attached to an aromatic ring is 1. The van der Waals surface area contributed by atoms with E-state index in [1.54, 1.807) is 4.90 Å². The highest BCUT2D eigenvalue weighted by atomic mass is 32.1. The van der Waals surface area contributed by atoms with Crippen molar-refractivity contribution < 1.29 is 4.79 Å². The smallest absolute Gasteiger partial charge is 0.236 e. The largest absolute Gasteiger partial charge is 0.375 e. The summed E-state index contributed by atoms with van der Waals surface area (Å²) in [5.41, 5.74) is 11.9. The van der Waals surface area contributed by atoms with Crippen LogP contribution in [0.2, 0.25) is 0 Å². The van der Waals surface area contributed by atoms with Crippen molar-refractivity contribution in [2.24, 2.45) is 5.73 Å². The van der Waals surface area contributed by atoms with Gasteiger partial charge in [0, 0.05) is 17.8 Å². The van der Waals surface area contributed by atoms with Gasteiger partial charge >= 0.3 is 0 Å². The van der Waals surface area contributed by atoms with Gasteiger partial charge < -0.3 is 16.4 Å². The zero-order valence-electron chi connectivity index (χ0n) is 7.69. The lowest BCUT2D eigenvalue weighted by Crippen LogP contribution is -2.39. The fourth-order valence-electron chi connectivity index (χ4n) is 1.56. The van der Waals surface area contributed by atoms with Crippen LogP contribution < -0.4 is 11.5 Å². The minimum atomic E-state index is -0.0115. The molecule has 0 spiro atoms. The quantitative estimate of drug-likeness (QED) is 0.661. The van der Waals surface area contributed by atoms with Crippen molar-refractivity contribution in [2.45, 2.75) is 13.0 Å². The number of carbonyl (C=O) groups is 1. The maximum Gasteiger partial charge on any atom is 0.236 e. The minimum Gasteiger partial charge on any atom is -0.375 e. The first kappa shape index (κ1) is 9.42. The molecule has 0 aromatic carbocycles. The summed E-state index contributed by atoms with van der Waals surface area (Å²) in [5.74, 6) is -0.0115. The fourth-order valence-corrected chi connectivity index (χ4v) is 2.45. The van der Waals surface area contributed by atoms with Crippen molar-refractivity contribution in [2.75, 3.05) is 18.8 Å². The molecule has 0 aliphatic carbocycles. The zero-order chi connectivity index (χ0) is 10.1. The molecular formula is C8H12N4OS. The maximum absolute atomic E-state index is 11.3. The Morgan fingerprint density at radius 3 is 3.14 bits per heavy atom. The minimum absolute atomic E-state index is 0.0115. The number of hydrogen-bond donors (Lipinski definition) is 2. The Morgan fingerprint density at radius 2 is 2.43 bits per heavy atom. The molecule has 14 heavy (non-hydrogen) atoms. The SMILES string of the molecule is NCC(=O)N1CCc2nc(N)sc2C1. The molecule has 1 aromatic heterocycles. The average molecular weight is 212 g/mol. The van der Waals surface area contributed by atoms with Gasteiger partial charge in [-0.1, -0.05) is 0 Å². The molecule has 0 saturated carbocycles. The van der Waals surface area contributed by atoms with E-state index in [1.165, 1.54) is 11.3 Å². The Hall–Kier alpha value is -1.14. The van der Waals surface area contributed by atoms with E-state index in [0.717, 1.165) is 17.0 Å². The lowest BCUT2D eigenvalue weighted by molar-refractivity contribution is -0.130. The number of fused-ring (bicyclic) bond motifs is 1. The molecule has 0 unspecified atom stereocenters. The highest BCUT2D eigenvalue weighted by Gasteiger charge is 2.22. The second kappa shape index (κ2) is 3.55.